The molecule has 102 valence electrons. The number of carbonyl (C=O) groups excluding carboxylic acids is 1. The summed E-state index contributed by atoms with van der Waals surface area (Å²) in [6, 6.07) is 0. The number of nitrogens with two attached hydrogens (primary N) is 1. The van der Waals surface area contributed by atoms with Crippen LogP contribution in [0.15, 0.2) is 41.7 Å². The van der Waals surface area contributed by atoms with Gasteiger partial charge in [-0.1, -0.05) is 20.1 Å². The van der Waals surface area contributed by atoms with Crippen molar-refractivity contribution in [2.24, 2.45) is 16.6 Å². The molecule has 0 spiro atoms. The van der Waals surface area contributed by atoms with E-state index in [9.17, 15) is 4.79 Å². The molecule has 0 aromatic heterocycles. The van der Waals surface area contributed by atoms with Crippen LogP contribution in [0.25, 0.3) is 0 Å². The third-order valence-electron chi connectivity index (χ3n) is 2.77. The number of nitrogens with one attached hydrogen (secondary N) is 2. The molecular formula is C14H20N4O. The molecule has 0 aromatic carbocycles. The van der Waals surface area contributed by atoms with Gasteiger partial charge in [-0.05, 0) is 37.1 Å². The Morgan fingerprint density at radius 1 is 1.58 bits per heavy atom. The normalized spacial score (nSPS) is 15.8. The lowest BCUT2D eigenvalue weighted by atomic mass is 10.1. The first-order valence-corrected chi connectivity index (χ1v) is 6.23. The minimum absolute atomic E-state index is 0.0499. The van der Waals surface area contributed by atoms with E-state index in [2.05, 4.69) is 23.5 Å². The molecule has 0 bridgehead atoms. The molecule has 0 unspecified atom stereocenters. The summed E-state index contributed by atoms with van der Waals surface area (Å²) in [5, 5.41) is 10.7. The smallest absolute Gasteiger partial charge is 0.250 e. The van der Waals surface area contributed by atoms with Crippen molar-refractivity contribution < 1.29 is 4.79 Å². The first-order valence-electron chi connectivity index (χ1n) is 6.23. The van der Waals surface area contributed by atoms with Gasteiger partial charge >= 0.3 is 0 Å². The Bertz CT molecular complexity index is 470. The number of carbonyl (C=O) groups is 1. The summed E-state index contributed by atoms with van der Waals surface area (Å²) >= 11 is 0. The molecule has 1 rings (SSSR count). The summed E-state index contributed by atoms with van der Waals surface area (Å²) < 4.78 is 0. The Morgan fingerprint density at radius 3 is 2.68 bits per heavy atom. The van der Waals surface area contributed by atoms with Gasteiger partial charge in [-0.3, -0.25) is 10.2 Å². The number of nitrogens with zero attached hydrogens (tertiary/aromatic N) is 1. The molecule has 0 aromatic rings. The third-order valence-corrected chi connectivity index (χ3v) is 2.77. The number of amides is 1. The highest BCUT2D eigenvalue weighted by molar-refractivity contribution is 6.14. The topological polar surface area (TPSA) is 91.3 Å². The van der Waals surface area contributed by atoms with E-state index in [0.29, 0.717) is 17.7 Å². The second-order valence-corrected chi connectivity index (χ2v) is 4.37. The molecule has 19 heavy (non-hydrogen) atoms. The van der Waals surface area contributed by atoms with E-state index in [1.54, 1.807) is 6.08 Å². The molecule has 5 nitrogen and oxygen atoms in total. The van der Waals surface area contributed by atoms with Crippen molar-refractivity contribution >= 4 is 17.5 Å². The van der Waals surface area contributed by atoms with Gasteiger partial charge in [0.05, 0.1) is 11.4 Å². The molecule has 1 amide bonds. The lowest BCUT2D eigenvalue weighted by Gasteiger charge is -2.09. The minimum Gasteiger partial charge on any atom is -0.384 e. The Hall–Kier alpha value is -2.17. The summed E-state index contributed by atoms with van der Waals surface area (Å²) in [5.74, 6) is 0.0255. The standard InChI is InChI=1S/C14H20N4O/c1-4-10(13(16)9(3)17-5-2)8-12(15)18-14(19)11-6-7-11/h5,8,11,16-17H,2-4,6-7H2,1H3,(H2,15,18,19)/b10-8-,16-13?. The predicted molar refractivity (Wildman–Crippen MR) is 77.9 cm³/mol. The zero-order valence-electron chi connectivity index (χ0n) is 11.2. The molecule has 1 aliphatic rings. The van der Waals surface area contributed by atoms with Gasteiger partial charge in [0.15, 0.2) is 0 Å². The average Bonchev–Trinajstić information content (AvgIpc) is 3.19. The van der Waals surface area contributed by atoms with Crippen molar-refractivity contribution in [3.63, 3.8) is 0 Å². The second-order valence-electron chi connectivity index (χ2n) is 4.37. The largest absolute Gasteiger partial charge is 0.384 e. The van der Waals surface area contributed by atoms with Crippen LogP contribution in [0.5, 0.6) is 0 Å². The van der Waals surface area contributed by atoms with E-state index in [1.165, 1.54) is 6.20 Å². The van der Waals surface area contributed by atoms with Crippen LogP contribution >= 0.6 is 0 Å². The van der Waals surface area contributed by atoms with E-state index >= 15 is 0 Å². The van der Waals surface area contributed by atoms with E-state index < -0.39 is 0 Å². The highest BCUT2D eigenvalue weighted by Gasteiger charge is 2.29. The van der Waals surface area contributed by atoms with Crippen molar-refractivity contribution in [1.82, 2.24) is 5.32 Å². The van der Waals surface area contributed by atoms with Crippen molar-refractivity contribution in [1.29, 1.82) is 5.41 Å². The zero-order valence-corrected chi connectivity index (χ0v) is 11.2. The van der Waals surface area contributed by atoms with Crippen LogP contribution in [0.4, 0.5) is 0 Å². The van der Waals surface area contributed by atoms with Gasteiger partial charge in [-0.2, -0.15) is 4.99 Å². The fraction of sp³-hybridized carbons (Fsp3) is 0.357. The number of aliphatic imine (C=N–C) groups is 1. The van der Waals surface area contributed by atoms with Gasteiger partial charge in [0, 0.05) is 5.92 Å². The molecule has 5 heteroatoms. The van der Waals surface area contributed by atoms with E-state index in [4.69, 9.17) is 11.1 Å². The number of rotatable bonds is 7. The maximum atomic E-state index is 11.5. The van der Waals surface area contributed by atoms with Crippen LogP contribution in [0.3, 0.4) is 0 Å². The molecule has 4 N–H and O–H groups in total. The van der Waals surface area contributed by atoms with Gasteiger partial charge in [-0.15, -0.1) is 0 Å². The van der Waals surface area contributed by atoms with E-state index in [1.807, 2.05) is 6.92 Å². The van der Waals surface area contributed by atoms with E-state index in [0.717, 1.165) is 12.8 Å². The van der Waals surface area contributed by atoms with Crippen molar-refractivity contribution in [3.05, 3.63) is 36.7 Å². The van der Waals surface area contributed by atoms with Crippen LogP contribution in [0.2, 0.25) is 0 Å². The Morgan fingerprint density at radius 2 is 2.21 bits per heavy atom. The van der Waals surface area contributed by atoms with Crippen LogP contribution in [-0.2, 0) is 4.79 Å². The molecule has 0 aliphatic heterocycles. The summed E-state index contributed by atoms with van der Waals surface area (Å²) in [6.45, 7) is 9.14. The highest BCUT2D eigenvalue weighted by atomic mass is 16.1. The number of allylic oxidation sites excluding steroid dienone is 1. The summed E-state index contributed by atoms with van der Waals surface area (Å²) in [5.41, 5.74) is 7.06. The Kier molecular flexibility index (Phi) is 5.23. The van der Waals surface area contributed by atoms with Crippen molar-refractivity contribution in [3.8, 4) is 0 Å². The maximum Gasteiger partial charge on any atom is 0.250 e. The predicted octanol–water partition coefficient (Wildman–Crippen LogP) is 1.88. The zero-order chi connectivity index (χ0) is 14.4. The highest BCUT2D eigenvalue weighted by Crippen LogP contribution is 2.30. The molecule has 0 heterocycles. The first-order chi connectivity index (χ1) is 8.99. The molecule has 0 saturated heterocycles. The van der Waals surface area contributed by atoms with Crippen LogP contribution < -0.4 is 11.1 Å². The Balaban J connectivity index is 2.79. The summed E-state index contributed by atoms with van der Waals surface area (Å²) in [6.07, 6.45) is 5.41. The molecular weight excluding hydrogens is 240 g/mol. The third kappa shape index (κ3) is 4.54. The molecule has 0 atom stereocenters. The Labute approximate surface area is 113 Å². The molecule has 1 aliphatic carbocycles. The van der Waals surface area contributed by atoms with Gasteiger partial charge in [0.1, 0.15) is 5.84 Å². The number of amidine groups is 1. The number of hydrogen-bond donors (Lipinski definition) is 3. The quantitative estimate of drug-likeness (QED) is 0.482. The minimum atomic E-state index is -0.168. The maximum absolute atomic E-state index is 11.5. The fourth-order valence-electron chi connectivity index (χ4n) is 1.50. The summed E-state index contributed by atoms with van der Waals surface area (Å²) in [7, 11) is 0. The monoisotopic (exact) mass is 260 g/mol. The summed E-state index contributed by atoms with van der Waals surface area (Å²) in [4.78, 5) is 15.3. The van der Waals surface area contributed by atoms with Crippen LogP contribution in [0.1, 0.15) is 26.2 Å². The SMILES string of the molecule is C=CNC(=C)C(=N)/C(=C\C(N)=NC(=O)C1CC1)CC. The average molecular weight is 260 g/mol. The van der Waals surface area contributed by atoms with Crippen LogP contribution in [-0.4, -0.2) is 17.5 Å². The second kappa shape index (κ2) is 6.68. The van der Waals surface area contributed by atoms with Crippen LogP contribution in [0, 0.1) is 11.3 Å². The van der Waals surface area contributed by atoms with Gasteiger partial charge in [0.25, 0.3) is 5.91 Å². The van der Waals surface area contributed by atoms with Gasteiger partial charge in [0.2, 0.25) is 0 Å². The molecule has 1 saturated carbocycles. The fourth-order valence-corrected chi connectivity index (χ4v) is 1.50. The lowest BCUT2D eigenvalue weighted by molar-refractivity contribution is -0.118. The van der Waals surface area contributed by atoms with Gasteiger partial charge in [-0.25, -0.2) is 0 Å². The number of hydrogen-bond acceptors (Lipinski definition) is 3. The first kappa shape index (κ1) is 14.9. The van der Waals surface area contributed by atoms with Crippen molar-refractivity contribution in [2.45, 2.75) is 26.2 Å². The lowest BCUT2D eigenvalue weighted by Crippen LogP contribution is -2.18. The van der Waals surface area contributed by atoms with Crippen molar-refractivity contribution in [2.75, 3.05) is 0 Å². The van der Waals surface area contributed by atoms with E-state index in [-0.39, 0.29) is 23.4 Å². The molecule has 0 radical (unpaired) electrons. The molecule has 1 fully saturated rings. The van der Waals surface area contributed by atoms with Gasteiger partial charge < -0.3 is 11.1 Å².